The second-order valence-corrected chi connectivity index (χ2v) is 4.96. The quantitative estimate of drug-likeness (QED) is 0.656. The molecule has 1 N–H and O–H groups in total. The molecule has 1 saturated heterocycles. The molecule has 1 heterocycles. The normalized spacial score (nSPS) is 15.6. The van der Waals surface area contributed by atoms with Crippen molar-refractivity contribution in [2.75, 3.05) is 18.0 Å². The van der Waals surface area contributed by atoms with Gasteiger partial charge in [-0.2, -0.15) is 0 Å². The highest BCUT2D eigenvalue weighted by molar-refractivity contribution is 9.10. The van der Waals surface area contributed by atoms with Crippen molar-refractivity contribution in [3.05, 3.63) is 28.2 Å². The van der Waals surface area contributed by atoms with Crippen molar-refractivity contribution in [3.63, 3.8) is 0 Å². The zero-order valence-corrected chi connectivity index (χ0v) is 11.3. The van der Waals surface area contributed by atoms with Crippen LogP contribution in [-0.2, 0) is 9.59 Å². The number of benzene rings is 1. The molecule has 1 aliphatic rings. The first-order valence-electron chi connectivity index (χ1n) is 5.35. The topological polar surface area (TPSA) is 66.5 Å². The summed E-state index contributed by atoms with van der Waals surface area (Å²) in [5.74, 6) is -0.822. The molecule has 0 radical (unpaired) electrons. The molecule has 18 heavy (non-hydrogen) atoms. The van der Waals surface area contributed by atoms with Crippen molar-refractivity contribution in [1.29, 1.82) is 0 Å². The summed E-state index contributed by atoms with van der Waals surface area (Å²) in [6, 6.07) is 5.17. The fourth-order valence-electron chi connectivity index (χ4n) is 1.87. The molecule has 2 amide bonds. The summed E-state index contributed by atoms with van der Waals surface area (Å²) in [6.45, 7) is 1.60. The fraction of sp³-hybridized carbons (Fsp3) is 0.250. The molecule has 0 saturated carbocycles. The number of halogens is 1. The molecule has 5 nitrogen and oxygen atoms in total. The van der Waals surface area contributed by atoms with E-state index in [1.807, 2.05) is 0 Å². The number of amides is 2. The Labute approximate surface area is 112 Å². The highest BCUT2D eigenvalue weighted by Gasteiger charge is 2.25. The van der Waals surface area contributed by atoms with Crippen molar-refractivity contribution >= 4 is 39.2 Å². The number of carbonyl (C=O) groups is 3. The summed E-state index contributed by atoms with van der Waals surface area (Å²) in [5, 5.41) is 2.23. The van der Waals surface area contributed by atoms with Gasteiger partial charge in [-0.1, -0.05) is 15.9 Å². The van der Waals surface area contributed by atoms with Crippen LogP contribution in [0.2, 0.25) is 0 Å². The van der Waals surface area contributed by atoms with Crippen molar-refractivity contribution in [1.82, 2.24) is 5.32 Å². The number of hydrogen-bond donors (Lipinski definition) is 1. The minimum absolute atomic E-state index is 0.0719. The van der Waals surface area contributed by atoms with Gasteiger partial charge in [-0.3, -0.25) is 19.7 Å². The number of anilines is 1. The lowest BCUT2D eigenvalue weighted by molar-refractivity contribution is -0.130. The summed E-state index contributed by atoms with van der Waals surface area (Å²) < 4.78 is 0.793. The zero-order chi connectivity index (χ0) is 13.3. The molecular weight excluding hydrogens is 300 g/mol. The number of ketones is 1. The molecule has 6 heteroatoms. The van der Waals surface area contributed by atoms with E-state index in [4.69, 9.17) is 0 Å². The van der Waals surface area contributed by atoms with Crippen molar-refractivity contribution in [2.45, 2.75) is 6.92 Å². The van der Waals surface area contributed by atoms with Crippen LogP contribution in [-0.4, -0.2) is 30.7 Å². The van der Waals surface area contributed by atoms with Crippen LogP contribution >= 0.6 is 15.9 Å². The second kappa shape index (κ2) is 4.89. The van der Waals surface area contributed by atoms with Gasteiger partial charge < -0.3 is 4.90 Å². The first-order valence-corrected chi connectivity index (χ1v) is 6.15. The first-order chi connectivity index (χ1) is 8.47. The largest absolute Gasteiger partial charge is 0.352 e. The predicted octanol–water partition coefficient (Wildman–Crippen LogP) is 1.11. The summed E-state index contributed by atoms with van der Waals surface area (Å²) >= 11 is 3.32. The zero-order valence-electron chi connectivity index (χ0n) is 9.70. The van der Waals surface area contributed by atoms with Crippen LogP contribution < -0.4 is 10.2 Å². The van der Waals surface area contributed by atoms with E-state index in [-0.39, 0.29) is 30.7 Å². The van der Waals surface area contributed by atoms with Gasteiger partial charge in [0.1, 0.15) is 0 Å². The van der Waals surface area contributed by atoms with Crippen LogP contribution in [0.15, 0.2) is 22.7 Å². The summed E-state index contributed by atoms with van der Waals surface area (Å²) in [7, 11) is 0. The molecule has 0 unspecified atom stereocenters. The molecule has 0 atom stereocenters. The second-order valence-electron chi connectivity index (χ2n) is 4.05. The molecule has 1 fully saturated rings. The monoisotopic (exact) mass is 310 g/mol. The predicted molar refractivity (Wildman–Crippen MR) is 69.5 cm³/mol. The van der Waals surface area contributed by atoms with Gasteiger partial charge >= 0.3 is 0 Å². The van der Waals surface area contributed by atoms with E-state index < -0.39 is 0 Å². The Morgan fingerprint density at radius 3 is 2.44 bits per heavy atom. The Morgan fingerprint density at radius 1 is 1.28 bits per heavy atom. The van der Waals surface area contributed by atoms with Crippen LogP contribution in [0.3, 0.4) is 0 Å². The van der Waals surface area contributed by atoms with Crippen molar-refractivity contribution in [2.24, 2.45) is 0 Å². The number of carbonyl (C=O) groups excluding carboxylic acids is 3. The first kappa shape index (κ1) is 12.8. The van der Waals surface area contributed by atoms with E-state index >= 15 is 0 Å². The van der Waals surface area contributed by atoms with Gasteiger partial charge in [-0.15, -0.1) is 0 Å². The Balaban J connectivity index is 2.42. The van der Waals surface area contributed by atoms with Gasteiger partial charge in [0.25, 0.3) is 0 Å². The van der Waals surface area contributed by atoms with Crippen LogP contribution in [0.1, 0.15) is 17.3 Å². The van der Waals surface area contributed by atoms with Gasteiger partial charge in [0, 0.05) is 15.7 Å². The maximum absolute atomic E-state index is 11.6. The van der Waals surface area contributed by atoms with Crippen LogP contribution in [0.25, 0.3) is 0 Å². The van der Waals surface area contributed by atoms with Crippen LogP contribution in [0.5, 0.6) is 0 Å². The van der Waals surface area contributed by atoms with E-state index in [0.29, 0.717) is 11.3 Å². The summed E-state index contributed by atoms with van der Waals surface area (Å²) in [5.41, 5.74) is 1.10. The summed E-state index contributed by atoms with van der Waals surface area (Å²) in [4.78, 5) is 35.9. The molecule has 1 aromatic rings. The average molecular weight is 311 g/mol. The standard InChI is InChI=1S/C12H11BrN2O3/c1-7(16)9-3-2-8(13)4-10(9)15-5-11(17)14-12(18)6-15/h2-4H,5-6H2,1H3,(H,14,17,18). The van der Waals surface area contributed by atoms with E-state index in [0.717, 1.165) is 4.47 Å². The van der Waals surface area contributed by atoms with E-state index in [1.165, 1.54) is 6.92 Å². The Bertz CT molecular complexity index is 526. The Hall–Kier alpha value is -1.69. The molecule has 0 spiro atoms. The SMILES string of the molecule is CC(=O)c1ccc(Br)cc1N1CC(=O)NC(=O)C1. The third-order valence-corrected chi connectivity index (χ3v) is 3.12. The number of nitrogens with zero attached hydrogens (tertiary/aromatic N) is 1. The van der Waals surface area contributed by atoms with Gasteiger partial charge in [-0.25, -0.2) is 0 Å². The number of piperazine rings is 1. The fourth-order valence-corrected chi connectivity index (χ4v) is 2.22. The number of imide groups is 1. The Morgan fingerprint density at radius 2 is 1.89 bits per heavy atom. The van der Waals surface area contributed by atoms with Crippen LogP contribution in [0.4, 0.5) is 5.69 Å². The van der Waals surface area contributed by atoms with Gasteiger partial charge in [0.15, 0.2) is 5.78 Å². The van der Waals surface area contributed by atoms with E-state index in [2.05, 4.69) is 21.2 Å². The maximum Gasteiger partial charge on any atom is 0.246 e. The van der Waals surface area contributed by atoms with Crippen LogP contribution in [0, 0.1) is 0 Å². The third-order valence-electron chi connectivity index (χ3n) is 2.63. The number of nitrogens with one attached hydrogen (secondary N) is 1. The van der Waals surface area contributed by atoms with E-state index in [9.17, 15) is 14.4 Å². The molecule has 94 valence electrons. The molecule has 0 aliphatic carbocycles. The lowest BCUT2D eigenvalue weighted by Crippen LogP contribution is -2.51. The molecule has 2 rings (SSSR count). The van der Waals surface area contributed by atoms with Gasteiger partial charge in [0.05, 0.1) is 13.1 Å². The van der Waals surface area contributed by atoms with Crippen molar-refractivity contribution in [3.8, 4) is 0 Å². The minimum atomic E-state index is -0.360. The number of Topliss-reactive ketones (excluding diaryl/α,β-unsaturated/α-hetero) is 1. The highest BCUT2D eigenvalue weighted by atomic mass is 79.9. The van der Waals surface area contributed by atoms with E-state index in [1.54, 1.807) is 23.1 Å². The Kier molecular flexibility index (Phi) is 3.47. The number of rotatable bonds is 2. The van der Waals surface area contributed by atoms with Crippen molar-refractivity contribution < 1.29 is 14.4 Å². The lowest BCUT2D eigenvalue weighted by atomic mass is 10.1. The molecule has 0 bridgehead atoms. The molecule has 0 aromatic heterocycles. The minimum Gasteiger partial charge on any atom is -0.352 e. The molecule has 1 aromatic carbocycles. The molecular formula is C12H11BrN2O3. The average Bonchev–Trinajstić information content (AvgIpc) is 2.27. The smallest absolute Gasteiger partial charge is 0.246 e. The summed E-state index contributed by atoms with van der Waals surface area (Å²) in [6.07, 6.45) is 0. The third kappa shape index (κ3) is 2.59. The van der Waals surface area contributed by atoms with Gasteiger partial charge in [0.2, 0.25) is 11.8 Å². The maximum atomic E-state index is 11.6. The highest BCUT2D eigenvalue weighted by Crippen LogP contribution is 2.26. The molecule has 1 aliphatic heterocycles. The lowest BCUT2D eigenvalue weighted by Gasteiger charge is -2.28. The number of hydrogen-bond acceptors (Lipinski definition) is 4. The van der Waals surface area contributed by atoms with Gasteiger partial charge in [-0.05, 0) is 25.1 Å².